The molecule has 112 valence electrons. The molecule has 1 aromatic rings. The molecule has 0 saturated heterocycles. The molecule has 0 fully saturated rings. The zero-order valence-electron chi connectivity index (χ0n) is 12.0. The van der Waals surface area contributed by atoms with E-state index in [4.69, 9.17) is 20.1 Å². The molecule has 0 bridgehead atoms. The highest BCUT2D eigenvalue weighted by atomic mass is 16.4. The van der Waals surface area contributed by atoms with E-state index >= 15 is 0 Å². The Morgan fingerprint density at radius 1 is 0.900 bits per heavy atom. The summed E-state index contributed by atoms with van der Waals surface area (Å²) >= 11 is 0. The third-order valence-corrected chi connectivity index (χ3v) is 1.66. The quantitative estimate of drug-likeness (QED) is 0.730. The fourth-order valence-electron chi connectivity index (χ4n) is 0.581. The van der Waals surface area contributed by atoms with Crippen LogP contribution in [0.2, 0.25) is 0 Å². The van der Waals surface area contributed by atoms with Crippen molar-refractivity contribution in [2.75, 3.05) is 0 Å². The van der Waals surface area contributed by atoms with E-state index in [0.717, 1.165) is 6.92 Å². The van der Waals surface area contributed by atoms with Gasteiger partial charge in [0.15, 0.2) is 0 Å². The van der Waals surface area contributed by atoms with Crippen molar-refractivity contribution in [3.63, 3.8) is 0 Å². The van der Waals surface area contributed by atoms with E-state index in [1.165, 1.54) is 0 Å². The summed E-state index contributed by atoms with van der Waals surface area (Å²) in [5.41, 5.74) is -0.252. The van der Waals surface area contributed by atoms with Gasteiger partial charge in [0.05, 0.1) is 11.0 Å². The number of carbonyl (C=O) groups is 3. The van der Waals surface area contributed by atoms with Gasteiger partial charge in [-0.05, 0) is 32.9 Å². The Morgan fingerprint density at radius 3 is 1.35 bits per heavy atom. The van der Waals surface area contributed by atoms with E-state index < -0.39 is 23.3 Å². The van der Waals surface area contributed by atoms with E-state index in [0.29, 0.717) is 5.56 Å². The minimum Gasteiger partial charge on any atom is -0.481 e. The normalized spacial score (nSPS) is 9.20. The molecule has 0 saturated carbocycles. The third-order valence-electron chi connectivity index (χ3n) is 1.66. The average molecular weight is 284 g/mol. The third kappa shape index (κ3) is 13.7. The molecule has 0 amide bonds. The van der Waals surface area contributed by atoms with Gasteiger partial charge in [-0.25, -0.2) is 4.79 Å². The molecule has 1 rings (SSSR count). The number of aliphatic carboxylic acids is 2. The first-order chi connectivity index (χ1) is 8.98. The highest BCUT2D eigenvalue weighted by Gasteiger charge is 2.18. The maximum atomic E-state index is 10.2. The van der Waals surface area contributed by atoms with E-state index in [1.807, 2.05) is 0 Å². The molecule has 0 heterocycles. The fraction of sp³-hybridized carbons (Fsp3) is 0.357. The summed E-state index contributed by atoms with van der Waals surface area (Å²) in [7, 11) is 0. The number of benzene rings is 1. The first kappa shape index (κ1) is 20.0. The van der Waals surface area contributed by atoms with Crippen LogP contribution in [0.4, 0.5) is 0 Å². The van der Waals surface area contributed by atoms with Gasteiger partial charge < -0.3 is 15.3 Å². The lowest BCUT2D eigenvalue weighted by Gasteiger charge is -2.08. The van der Waals surface area contributed by atoms with Crippen molar-refractivity contribution in [1.29, 1.82) is 0 Å². The van der Waals surface area contributed by atoms with Crippen LogP contribution in [0.15, 0.2) is 30.3 Å². The van der Waals surface area contributed by atoms with Gasteiger partial charge >= 0.3 is 11.9 Å². The van der Waals surface area contributed by atoms with Crippen LogP contribution in [0.1, 0.15) is 38.1 Å². The summed E-state index contributed by atoms with van der Waals surface area (Å²) in [6, 6.07) is 8.30. The summed E-state index contributed by atoms with van der Waals surface area (Å²) in [5, 5.41) is 24.1. The molecule has 0 aromatic heterocycles. The summed E-state index contributed by atoms with van der Waals surface area (Å²) in [6.45, 7) is 6.07. The van der Waals surface area contributed by atoms with Crippen LogP contribution in [0.25, 0.3) is 0 Å². The number of rotatable bonds is 1. The standard InChI is InChI=1S/C7H6O2.C5H10O2.C2H4O2/c8-7(9)6-4-2-1-3-5-6;1-5(2,3)4(6)7;1-2(3)4/h1-5H,(H,8,9);1-3H3,(H,6,7);1H3,(H,3,4). The summed E-state index contributed by atoms with van der Waals surface area (Å²) in [4.78, 5) is 29.2. The molecule has 0 radical (unpaired) electrons. The molecule has 6 heteroatoms. The lowest BCUT2D eigenvalue weighted by molar-refractivity contribution is -0.145. The Morgan fingerprint density at radius 2 is 1.20 bits per heavy atom. The summed E-state index contributed by atoms with van der Waals surface area (Å²) < 4.78 is 0. The number of hydrogen-bond acceptors (Lipinski definition) is 3. The Labute approximate surface area is 117 Å². The van der Waals surface area contributed by atoms with E-state index in [1.54, 1.807) is 51.1 Å². The van der Waals surface area contributed by atoms with Crippen molar-refractivity contribution in [2.45, 2.75) is 27.7 Å². The molecule has 3 N–H and O–H groups in total. The van der Waals surface area contributed by atoms with Crippen molar-refractivity contribution >= 4 is 17.9 Å². The van der Waals surface area contributed by atoms with Crippen LogP contribution >= 0.6 is 0 Å². The number of carboxylic acid groups (broad SMARTS) is 3. The highest BCUT2D eigenvalue weighted by molar-refractivity contribution is 5.87. The first-order valence-electron chi connectivity index (χ1n) is 5.69. The molecular formula is C14H20O6. The van der Waals surface area contributed by atoms with Crippen molar-refractivity contribution in [3.8, 4) is 0 Å². The molecule has 0 aliphatic carbocycles. The minimum atomic E-state index is -0.879. The highest BCUT2D eigenvalue weighted by Crippen LogP contribution is 2.11. The Balaban J connectivity index is 0. The zero-order valence-corrected chi connectivity index (χ0v) is 12.0. The predicted molar refractivity (Wildman–Crippen MR) is 73.8 cm³/mol. The molecule has 20 heavy (non-hydrogen) atoms. The molecule has 0 spiro atoms. The molecule has 0 atom stereocenters. The molecule has 0 aliphatic heterocycles. The predicted octanol–water partition coefficient (Wildman–Crippen LogP) is 2.59. The summed E-state index contributed by atoms with van der Waals surface area (Å²) in [5.74, 6) is -2.47. The Hall–Kier alpha value is -2.37. The van der Waals surface area contributed by atoms with E-state index in [9.17, 15) is 9.59 Å². The van der Waals surface area contributed by atoms with Crippen molar-refractivity contribution in [3.05, 3.63) is 35.9 Å². The van der Waals surface area contributed by atoms with Gasteiger partial charge in [-0.2, -0.15) is 0 Å². The van der Waals surface area contributed by atoms with E-state index in [2.05, 4.69) is 0 Å². The Bertz CT molecular complexity index is 427. The van der Waals surface area contributed by atoms with Crippen LogP contribution in [0, 0.1) is 5.41 Å². The SMILES string of the molecule is CC(=O)O.CC(C)(C)C(=O)O.O=C(O)c1ccccc1. The maximum absolute atomic E-state index is 10.2. The topological polar surface area (TPSA) is 112 Å². The van der Waals surface area contributed by atoms with Crippen LogP contribution in [0.5, 0.6) is 0 Å². The molecule has 6 nitrogen and oxygen atoms in total. The lowest BCUT2D eigenvalue weighted by Crippen LogP contribution is -2.18. The number of carboxylic acids is 3. The van der Waals surface area contributed by atoms with Gasteiger partial charge in [0.25, 0.3) is 5.97 Å². The van der Waals surface area contributed by atoms with Crippen molar-refractivity contribution in [1.82, 2.24) is 0 Å². The maximum Gasteiger partial charge on any atom is 0.335 e. The monoisotopic (exact) mass is 284 g/mol. The van der Waals surface area contributed by atoms with E-state index in [-0.39, 0.29) is 0 Å². The van der Waals surface area contributed by atoms with Crippen LogP contribution < -0.4 is 0 Å². The largest absolute Gasteiger partial charge is 0.481 e. The second-order valence-corrected chi connectivity index (χ2v) is 4.75. The minimum absolute atomic E-state index is 0.331. The van der Waals surface area contributed by atoms with Gasteiger partial charge in [0.1, 0.15) is 0 Å². The Kier molecular flexibility index (Phi) is 9.53. The fourth-order valence-corrected chi connectivity index (χ4v) is 0.581. The summed E-state index contributed by atoms with van der Waals surface area (Å²) in [6.07, 6.45) is 0. The average Bonchev–Trinajstić information content (AvgIpc) is 2.29. The molecular weight excluding hydrogens is 264 g/mol. The lowest BCUT2D eigenvalue weighted by atomic mass is 9.98. The number of aromatic carboxylic acids is 1. The van der Waals surface area contributed by atoms with Crippen LogP contribution in [-0.2, 0) is 9.59 Å². The van der Waals surface area contributed by atoms with Gasteiger partial charge in [-0.3, -0.25) is 9.59 Å². The smallest absolute Gasteiger partial charge is 0.335 e. The van der Waals surface area contributed by atoms with Gasteiger partial charge in [0, 0.05) is 6.92 Å². The zero-order chi connectivity index (χ0) is 16.3. The first-order valence-corrected chi connectivity index (χ1v) is 5.69. The second kappa shape index (κ2) is 9.55. The van der Waals surface area contributed by atoms with Crippen LogP contribution in [-0.4, -0.2) is 33.2 Å². The number of hydrogen-bond donors (Lipinski definition) is 3. The van der Waals surface area contributed by atoms with Gasteiger partial charge in [-0.15, -0.1) is 0 Å². The van der Waals surface area contributed by atoms with Crippen LogP contribution in [0.3, 0.4) is 0 Å². The van der Waals surface area contributed by atoms with Crippen molar-refractivity contribution < 1.29 is 29.7 Å². The molecule has 0 unspecified atom stereocenters. The molecule has 0 aliphatic rings. The van der Waals surface area contributed by atoms with Gasteiger partial charge in [0.2, 0.25) is 0 Å². The second-order valence-electron chi connectivity index (χ2n) is 4.75. The molecule has 1 aromatic carbocycles. The van der Waals surface area contributed by atoms with Crippen molar-refractivity contribution in [2.24, 2.45) is 5.41 Å². The van der Waals surface area contributed by atoms with Gasteiger partial charge in [-0.1, -0.05) is 18.2 Å².